The molecule has 1 aromatic carbocycles. The fourth-order valence-corrected chi connectivity index (χ4v) is 1.91. The van der Waals surface area contributed by atoms with Crippen LogP contribution in [0.5, 0.6) is 0 Å². The molecule has 0 aliphatic carbocycles. The van der Waals surface area contributed by atoms with Crippen molar-refractivity contribution in [3.05, 3.63) is 33.4 Å². The Labute approximate surface area is 104 Å². The summed E-state index contributed by atoms with van der Waals surface area (Å²) in [4.78, 5) is 0. The summed E-state index contributed by atoms with van der Waals surface area (Å²) in [5, 5.41) is 18.7. The third-order valence-electron chi connectivity index (χ3n) is 2.91. The van der Waals surface area contributed by atoms with Gasteiger partial charge >= 0.3 is 0 Å². The number of rotatable bonds is 5. The quantitative estimate of drug-likeness (QED) is 0.817. The molecule has 84 valence electrons. The van der Waals surface area contributed by atoms with E-state index >= 15 is 0 Å². The molecule has 0 aliphatic rings. The van der Waals surface area contributed by atoms with Crippen molar-refractivity contribution in [1.29, 1.82) is 0 Å². The maximum absolute atomic E-state index is 9.33. The molecular weight excluding hydrogens is 303 g/mol. The Bertz CT molecular complexity index is 283. The summed E-state index contributed by atoms with van der Waals surface area (Å²) in [6, 6.07) is 8.20. The second-order valence-electron chi connectivity index (χ2n) is 3.97. The molecule has 0 atom stereocenters. The fourth-order valence-electron chi connectivity index (χ4n) is 1.55. The van der Waals surface area contributed by atoms with Crippen LogP contribution in [0.25, 0.3) is 0 Å². The van der Waals surface area contributed by atoms with Gasteiger partial charge in [0.1, 0.15) is 0 Å². The average Bonchev–Trinajstić information content (AvgIpc) is 2.29. The van der Waals surface area contributed by atoms with Crippen LogP contribution < -0.4 is 0 Å². The zero-order valence-electron chi connectivity index (χ0n) is 8.91. The molecule has 0 saturated heterocycles. The van der Waals surface area contributed by atoms with Crippen molar-refractivity contribution in [3.63, 3.8) is 0 Å². The van der Waals surface area contributed by atoms with Crippen LogP contribution >= 0.6 is 22.6 Å². The lowest BCUT2D eigenvalue weighted by molar-refractivity contribution is 0.0514. The van der Waals surface area contributed by atoms with Crippen LogP contribution in [0.2, 0.25) is 0 Å². The first-order chi connectivity index (χ1) is 7.15. The zero-order chi connectivity index (χ0) is 11.3. The maximum Gasteiger partial charge on any atom is 0.0512 e. The highest BCUT2D eigenvalue weighted by Crippen LogP contribution is 2.26. The predicted octanol–water partition coefficient (Wildman–Crippen LogP) is 2.21. The van der Waals surface area contributed by atoms with Gasteiger partial charge in [-0.05, 0) is 53.1 Å². The Balaban J connectivity index is 2.78. The lowest BCUT2D eigenvalue weighted by Gasteiger charge is -2.28. The van der Waals surface area contributed by atoms with Crippen LogP contribution in [-0.4, -0.2) is 23.4 Å². The molecule has 0 saturated carbocycles. The van der Waals surface area contributed by atoms with Crippen molar-refractivity contribution in [2.75, 3.05) is 13.2 Å². The Kier molecular flexibility index (Phi) is 5.02. The summed E-state index contributed by atoms with van der Waals surface area (Å²) in [5.74, 6) is 0. The largest absolute Gasteiger partial charge is 0.396 e. The molecule has 15 heavy (non-hydrogen) atoms. The van der Waals surface area contributed by atoms with Crippen LogP contribution in [0, 0.1) is 8.99 Å². The molecule has 0 amide bonds. The van der Waals surface area contributed by atoms with Crippen LogP contribution in [-0.2, 0) is 6.42 Å². The predicted molar refractivity (Wildman–Crippen MR) is 69.8 cm³/mol. The Morgan fingerprint density at radius 1 is 1.13 bits per heavy atom. The smallest absolute Gasteiger partial charge is 0.0512 e. The number of hydrogen-bond donors (Lipinski definition) is 2. The normalized spacial score (nSPS) is 11.7. The monoisotopic (exact) mass is 320 g/mol. The molecule has 0 unspecified atom stereocenters. The molecule has 0 aromatic heterocycles. The van der Waals surface area contributed by atoms with Crippen molar-refractivity contribution in [2.45, 2.75) is 19.8 Å². The minimum Gasteiger partial charge on any atom is -0.396 e. The van der Waals surface area contributed by atoms with E-state index in [1.807, 2.05) is 19.1 Å². The third-order valence-corrected chi connectivity index (χ3v) is 3.63. The SMILES string of the molecule is CCC(CO)(CO)Cc1ccc(I)cc1. The molecule has 0 spiro atoms. The van der Waals surface area contributed by atoms with Crippen molar-refractivity contribution < 1.29 is 10.2 Å². The summed E-state index contributed by atoms with van der Waals surface area (Å²) in [5.41, 5.74) is 0.799. The van der Waals surface area contributed by atoms with E-state index in [4.69, 9.17) is 0 Å². The molecule has 1 rings (SSSR count). The highest BCUT2D eigenvalue weighted by molar-refractivity contribution is 14.1. The van der Waals surface area contributed by atoms with Crippen molar-refractivity contribution in [1.82, 2.24) is 0 Å². The minimum atomic E-state index is -0.368. The van der Waals surface area contributed by atoms with E-state index in [0.29, 0.717) is 0 Å². The lowest BCUT2D eigenvalue weighted by Crippen LogP contribution is -2.31. The summed E-state index contributed by atoms with van der Waals surface area (Å²) in [6.07, 6.45) is 1.51. The molecule has 2 nitrogen and oxygen atoms in total. The van der Waals surface area contributed by atoms with E-state index in [0.717, 1.165) is 12.8 Å². The molecule has 1 aromatic rings. The topological polar surface area (TPSA) is 40.5 Å². The first-order valence-electron chi connectivity index (χ1n) is 5.12. The summed E-state index contributed by atoms with van der Waals surface area (Å²) in [6.45, 7) is 2.07. The second-order valence-corrected chi connectivity index (χ2v) is 5.22. The number of benzene rings is 1. The number of halogens is 1. The van der Waals surface area contributed by atoms with Crippen LogP contribution in [0.3, 0.4) is 0 Å². The third kappa shape index (κ3) is 3.43. The Morgan fingerprint density at radius 2 is 1.67 bits per heavy atom. The first-order valence-corrected chi connectivity index (χ1v) is 6.20. The van der Waals surface area contributed by atoms with Gasteiger partial charge in [-0.25, -0.2) is 0 Å². The number of aliphatic hydroxyl groups is 2. The van der Waals surface area contributed by atoms with Gasteiger partial charge in [0.25, 0.3) is 0 Å². The van der Waals surface area contributed by atoms with Gasteiger partial charge in [0.05, 0.1) is 13.2 Å². The summed E-state index contributed by atoms with van der Waals surface area (Å²) < 4.78 is 1.20. The zero-order valence-corrected chi connectivity index (χ0v) is 11.1. The van der Waals surface area contributed by atoms with Gasteiger partial charge in [-0.2, -0.15) is 0 Å². The minimum absolute atomic E-state index is 0.0337. The Morgan fingerprint density at radius 3 is 2.07 bits per heavy atom. The maximum atomic E-state index is 9.33. The molecule has 3 heteroatoms. The molecule has 0 fully saturated rings. The highest BCUT2D eigenvalue weighted by atomic mass is 127. The van der Waals surface area contributed by atoms with E-state index in [2.05, 4.69) is 34.7 Å². The van der Waals surface area contributed by atoms with Crippen LogP contribution in [0.15, 0.2) is 24.3 Å². The van der Waals surface area contributed by atoms with Crippen LogP contribution in [0.4, 0.5) is 0 Å². The fraction of sp³-hybridized carbons (Fsp3) is 0.500. The molecule has 0 radical (unpaired) electrons. The molecule has 0 bridgehead atoms. The van der Waals surface area contributed by atoms with Crippen molar-refractivity contribution in [2.24, 2.45) is 5.41 Å². The van der Waals surface area contributed by atoms with Gasteiger partial charge < -0.3 is 10.2 Å². The average molecular weight is 320 g/mol. The highest BCUT2D eigenvalue weighted by Gasteiger charge is 2.26. The van der Waals surface area contributed by atoms with E-state index in [-0.39, 0.29) is 18.6 Å². The van der Waals surface area contributed by atoms with Gasteiger partial charge in [-0.15, -0.1) is 0 Å². The number of aliphatic hydroxyl groups excluding tert-OH is 2. The second kappa shape index (κ2) is 5.82. The number of hydrogen-bond acceptors (Lipinski definition) is 2. The van der Waals surface area contributed by atoms with E-state index < -0.39 is 0 Å². The standard InChI is InChI=1S/C12H17IO2/c1-2-12(8-14,9-15)7-10-3-5-11(13)6-4-10/h3-6,14-15H,2,7-9H2,1H3. The van der Waals surface area contributed by atoms with Gasteiger partial charge in [-0.1, -0.05) is 19.1 Å². The summed E-state index contributed by atoms with van der Waals surface area (Å²) >= 11 is 2.26. The summed E-state index contributed by atoms with van der Waals surface area (Å²) in [7, 11) is 0. The van der Waals surface area contributed by atoms with Crippen molar-refractivity contribution in [3.8, 4) is 0 Å². The van der Waals surface area contributed by atoms with Gasteiger partial charge in [-0.3, -0.25) is 0 Å². The lowest BCUT2D eigenvalue weighted by atomic mass is 9.81. The van der Waals surface area contributed by atoms with Gasteiger partial charge in [0, 0.05) is 8.99 Å². The van der Waals surface area contributed by atoms with E-state index in [9.17, 15) is 10.2 Å². The molecule has 0 aliphatic heterocycles. The molecule has 2 N–H and O–H groups in total. The van der Waals surface area contributed by atoms with E-state index in [1.165, 1.54) is 9.13 Å². The molecule has 0 heterocycles. The van der Waals surface area contributed by atoms with Gasteiger partial charge in [0.15, 0.2) is 0 Å². The van der Waals surface area contributed by atoms with Gasteiger partial charge in [0.2, 0.25) is 0 Å². The van der Waals surface area contributed by atoms with Crippen molar-refractivity contribution >= 4 is 22.6 Å². The van der Waals surface area contributed by atoms with E-state index in [1.54, 1.807) is 0 Å². The molecular formula is C12H17IO2. The first kappa shape index (κ1) is 12.9. The van der Waals surface area contributed by atoms with Crippen LogP contribution in [0.1, 0.15) is 18.9 Å². The Hall–Kier alpha value is -0.130.